The van der Waals surface area contributed by atoms with Crippen LogP contribution in [0.15, 0.2) is 0 Å². The lowest BCUT2D eigenvalue weighted by atomic mass is 10.1. The quantitative estimate of drug-likeness (QED) is 0.629. The highest BCUT2D eigenvalue weighted by Gasteiger charge is 2.26. The minimum absolute atomic E-state index is 0.126. The molecule has 0 bridgehead atoms. The first kappa shape index (κ1) is 11.7. The second kappa shape index (κ2) is 3.60. The normalized spacial score (nSPS) is 16.6. The Kier molecular flexibility index (Phi) is 3.82. The summed E-state index contributed by atoms with van der Waals surface area (Å²) in [5.74, 6) is 0. The molecule has 0 heterocycles. The minimum Gasteiger partial charge on any atom is -0.278 e. The molecule has 0 radical (unpaired) electrons. The molecule has 0 aromatic heterocycles. The fraction of sp³-hybridized carbons (Fsp3) is 1.00. The number of rotatable bonds is 1. The van der Waals surface area contributed by atoms with E-state index in [-0.39, 0.29) is 10.7 Å². The summed E-state index contributed by atoms with van der Waals surface area (Å²) in [5, 5.41) is 3.57. The van der Waals surface area contributed by atoms with E-state index in [9.17, 15) is 0 Å². The molecule has 0 aromatic rings. The van der Waals surface area contributed by atoms with Gasteiger partial charge >= 0.3 is 0 Å². The molecule has 0 aromatic carbocycles. The maximum absolute atomic E-state index is 6.20. The van der Waals surface area contributed by atoms with Crippen molar-refractivity contribution in [3.8, 4) is 0 Å². The van der Waals surface area contributed by atoms with Gasteiger partial charge in [0.1, 0.15) is 0 Å². The van der Waals surface area contributed by atoms with Crippen molar-refractivity contribution in [2.24, 2.45) is 0 Å². The maximum atomic E-state index is 6.20. The summed E-state index contributed by atoms with van der Waals surface area (Å²) >= 11 is 6.20. The van der Waals surface area contributed by atoms with E-state index in [2.05, 4.69) is 46.6 Å². The first-order valence-electron chi connectivity index (χ1n) is 3.87. The predicted octanol–water partition coefficient (Wildman–Crippen LogP) is 3.72. The smallest absolute Gasteiger partial charge is 0.0658 e. The molecule has 1 unspecified atom stereocenters. The maximum Gasteiger partial charge on any atom is 0.0658 e. The van der Waals surface area contributed by atoms with Crippen molar-refractivity contribution < 1.29 is 0 Å². The van der Waals surface area contributed by atoms with Crippen LogP contribution in [-0.4, -0.2) is 10.7 Å². The topological polar surface area (TPSA) is 12.0 Å². The van der Waals surface area contributed by atoms with E-state index in [1.807, 2.05) is 0 Å². The highest BCUT2D eigenvalue weighted by molar-refractivity contribution is 7.83. The van der Waals surface area contributed by atoms with Crippen LogP contribution in [0.2, 0.25) is 0 Å². The first-order chi connectivity index (χ1) is 4.63. The van der Waals surface area contributed by atoms with Crippen LogP contribution in [0.1, 0.15) is 41.5 Å². The molecule has 11 heavy (non-hydrogen) atoms. The zero-order valence-electron chi connectivity index (χ0n) is 8.33. The number of hydrogen-bond acceptors (Lipinski definition) is 1. The Morgan fingerprint density at radius 2 is 1.36 bits per heavy atom. The minimum atomic E-state index is -0.587. The van der Waals surface area contributed by atoms with E-state index >= 15 is 0 Å². The van der Waals surface area contributed by atoms with Gasteiger partial charge in [0.2, 0.25) is 0 Å². The SMILES string of the molecule is CC(C)(C)NP(Cl)C(C)(C)C. The Morgan fingerprint density at radius 3 is 1.45 bits per heavy atom. The summed E-state index contributed by atoms with van der Waals surface area (Å²) in [5.41, 5.74) is 0.126. The third-order valence-corrected chi connectivity index (χ3v) is 4.84. The van der Waals surface area contributed by atoms with Crippen molar-refractivity contribution in [1.29, 1.82) is 0 Å². The van der Waals surface area contributed by atoms with Crippen LogP contribution in [-0.2, 0) is 0 Å². The molecular formula is C8H19ClNP. The fourth-order valence-electron chi connectivity index (χ4n) is 0.462. The van der Waals surface area contributed by atoms with Crippen LogP contribution < -0.4 is 5.09 Å². The van der Waals surface area contributed by atoms with Gasteiger partial charge in [0.05, 0.1) is 7.43 Å². The molecule has 0 amide bonds. The van der Waals surface area contributed by atoms with Crippen molar-refractivity contribution in [2.45, 2.75) is 52.2 Å². The molecule has 0 saturated heterocycles. The van der Waals surface area contributed by atoms with Gasteiger partial charge in [0.15, 0.2) is 0 Å². The Morgan fingerprint density at radius 1 is 1.00 bits per heavy atom. The van der Waals surface area contributed by atoms with Crippen molar-refractivity contribution in [3.05, 3.63) is 0 Å². The Balaban J connectivity index is 3.99. The van der Waals surface area contributed by atoms with E-state index in [1.54, 1.807) is 0 Å². The predicted molar refractivity (Wildman–Crippen MR) is 55.4 cm³/mol. The second-order valence-corrected chi connectivity index (χ2v) is 7.95. The molecule has 0 rings (SSSR count). The van der Waals surface area contributed by atoms with Gasteiger partial charge in [0.25, 0.3) is 0 Å². The second-order valence-electron chi connectivity index (χ2n) is 4.81. The number of hydrogen-bond donors (Lipinski definition) is 1. The van der Waals surface area contributed by atoms with Gasteiger partial charge in [-0.25, -0.2) is 0 Å². The molecule has 68 valence electrons. The van der Waals surface area contributed by atoms with E-state index in [0.717, 1.165) is 0 Å². The molecule has 0 aliphatic rings. The van der Waals surface area contributed by atoms with Gasteiger partial charge in [-0.1, -0.05) is 32.0 Å². The zero-order chi connectivity index (χ0) is 9.28. The molecule has 0 aliphatic carbocycles. The first-order valence-corrected chi connectivity index (χ1v) is 6.11. The van der Waals surface area contributed by atoms with Gasteiger partial charge < -0.3 is 0 Å². The van der Waals surface area contributed by atoms with Gasteiger partial charge in [-0.05, 0) is 20.8 Å². The molecular weight excluding hydrogens is 177 g/mol. The Labute approximate surface area is 76.5 Å². The average molecular weight is 196 g/mol. The average Bonchev–Trinajstić information content (AvgIpc) is 1.56. The summed E-state index contributed by atoms with van der Waals surface area (Å²) < 4.78 is 0. The Hall–Kier alpha value is 0.680. The highest BCUT2D eigenvalue weighted by atomic mass is 35.7. The van der Waals surface area contributed by atoms with Gasteiger partial charge in [-0.3, -0.25) is 5.09 Å². The summed E-state index contributed by atoms with van der Waals surface area (Å²) in [7, 11) is -0.587. The van der Waals surface area contributed by atoms with Crippen LogP contribution in [0.3, 0.4) is 0 Å². The van der Waals surface area contributed by atoms with Crippen molar-refractivity contribution in [1.82, 2.24) is 5.09 Å². The lowest BCUT2D eigenvalue weighted by molar-refractivity contribution is 0.524. The summed E-state index contributed by atoms with van der Waals surface area (Å²) in [6, 6.07) is 0. The molecule has 0 spiro atoms. The Bertz CT molecular complexity index is 123. The standard InChI is InChI=1S/C8H19ClNP/c1-7(2,3)10-11(9)8(4,5)6/h10H,1-6H3. The fourth-order valence-corrected chi connectivity index (χ4v) is 2.15. The lowest BCUT2D eigenvalue weighted by Crippen LogP contribution is -2.34. The van der Waals surface area contributed by atoms with E-state index in [4.69, 9.17) is 11.2 Å². The molecule has 1 N–H and O–H groups in total. The monoisotopic (exact) mass is 195 g/mol. The largest absolute Gasteiger partial charge is 0.278 e. The summed E-state index contributed by atoms with van der Waals surface area (Å²) in [6.45, 7) is 12.9. The number of halogens is 1. The van der Waals surface area contributed by atoms with Crippen LogP contribution in [0.5, 0.6) is 0 Å². The van der Waals surface area contributed by atoms with E-state index in [1.165, 1.54) is 0 Å². The molecule has 0 saturated carbocycles. The van der Waals surface area contributed by atoms with Gasteiger partial charge in [0, 0.05) is 10.7 Å². The molecule has 3 heteroatoms. The summed E-state index contributed by atoms with van der Waals surface area (Å²) in [4.78, 5) is 0. The molecule has 1 atom stereocenters. The third kappa shape index (κ3) is 5.90. The lowest BCUT2D eigenvalue weighted by Gasteiger charge is -2.32. The third-order valence-electron chi connectivity index (χ3n) is 1.02. The summed E-state index contributed by atoms with van der Waals surface area (Å²) in [6.07, 6.45) is 0. The van der Waals surface area contributed by atoms with Gasteiger partial charge in [-0.2, -0.15) is 0 Å². The zero-order valence-corrected chi connectivity index (χ0v) is 9.98. The van der Waals surface area contributed by atoms with Gasteiger partial charge in [-0.15, -0.1) is 0 Å². The highest BCUT2D eigenvalue weighted by Crippen LogP contribution is 2.51. The van der Waals surface area contributed by atoms with Crippen LogP contribution >= 0.6 is 18.7 Å². The molecule has 0 aliphatic heterocycles. The van der Waals surface area contributed by atoms with Crippen molar-refractivity contribution in [3.63, 3.8) is 0 Å². The number of nitrogens with one attached hydrogen (secondary N) is 1. The van der Waals surface area contributed by atoms with E-state index < -0.39 is 7.43 Å². The molecule has 1 nitrogen and oxygen atoms in total. The van der Waals surface area contributed by atoms with E-state index in [0.29, 0.717) is 0 Å². The van der Waals surface area contributed by atoms with Crippen molar-refractivity contribution >= 4 is 18.7 Å². The van der Waals surface area contributed by atoms with Crippen LogP contribution in [0.25, 0.3) is 0 Å². The van der Waals surface area contributed by atoms with Crippen LogP contribution in [0, 0.1) is 0 Å². The molecule has 0 fully saturated rings. The van der Waals surface area contributed by atoms with Crippen molar-refractivity contribution in [2.75, 3.05) is 0 Å². The van der Waals surface area contributed by atoms with Crippen LogP contribution in [0.4, 0.5) is 0 Å².